The van der Waals surface area contributed by atoms with Crippen LogP contribution in [-0.2, 0) is 9.53 Å². The normalized spacial score (nSPS) is 10.8. The van der Waals surface area contributed by atoms with E-state index >= 15 is 0 Å². The molecule has 19 heavy (non-hydrogen) atoms. The van der Waals surface area contributed by atoms with Crippen molar-refractivity contribution >= 4 is 11.9 Å². The Morgan fingerprint density at radius 3 is 2.26 bits per heavy atom. The molecule has 5 nitrogen and oxygen atoms in total. The Morgan fingerprint density at radius 1 is 1.21 bits per heavy atom. The van der Waals surface area contributed by atoms with Crippen molar-refractivity contribution in [3.8, 4) is 0 Å². The van der Waals surface area contributed by atoms with Crippen molar-refractivity contribution in [2.24, 2.45) is 0 Å². The zero-order valence-corrected chi connectivity index (χ0v) is 11.6. The van der Waals surface area contributed by atoms with Crippen LogP contribution in [0.15, 0.2) is 36.2 Å². The molecule has 1 rings (SSSR count). The number of nitrogens with zero attached hydrogens (tertiary/aromatic N) is 1. The SMILES string of the molecule is COC(=O)/C(=C/N(C)C)NC(=O)c1ccc(C)cc1. The molecule has 0 atom stereocenters. The molecule has 0 aliphatic carbocycles. The summed E-state index contributed by atoms with van der Waals surface area (Å²) in [6, 6.07) is 7.08. The van der Waals surface area contributed by atoms with Gasteiger partial charge in [-0.15, -0.1) is 0 Å². The van der Waals surface area contributed by atoms with Crippen LogP contribution in [0.4, 0.5) is 0 Å². The van der Waals surface area contributed by atoms with Crippen LogP contribution >= 0.6 is 0 Å². The lowest BCUT2D eigenvalue weighted by Crippen LogP contribution is -2.29. The van der Waals surface area contributed by atoms with E-state index in [-0.39, 0.29) is 11.6 Å². The largest absolute Gasteiger partial charge is 0.464 e. The first-order chi connectivity index (χ1) is 8.93. The maximum absolute atomic E-state index is 12.0. The van der Waals surface area contributed by atoms with Gasteiger partial charge in [-0.3, -0.25) is 4.79 Å². The van der Waals surface area contributed by atoms with Crippen molar-refractivity contribution in [1.82, 2.24) is 10.2 Å². The van der Waals surface area contributed by atoms with Crippen LogP contribution in [0.25, 0.3) is 0 Å². The number of ether oxygens (including phenoxy) is 1. The van der Waals surface area contributed by atoms with Crippen LogP contribution < -0.4 is 5.32 Å². The van der Waals surface area contributed by atoms with Crippen LogP contribution in [0.1, 0.15) is 15.9 Å². The maximum atomic E-state index is 12.0. The molecule has 1 N–H and O–H groups in total. The Labute approximate surface area is 112 Å². The first-order valence-electron chi connectivity index (χ1n) is 5.78. The van der Waals surface area contributed by atoms with Gasteiger partial charge in [0, 0.05) is 25.9 Å². The van der Waals surface area contributed by atoms with Crippen molar-refractivity contribution in [3.63, 3.8) is 0 Å². The number of carbonyl (C=O) groups is 2. The third kappa shape index (κ3) is 4.46. The summed E-state index contributed by atoms with van der Waals surface area (Å²) in [5, 5.41) is 2.54. The summed E-state index contributed by atoms with van der Waals surface area (Å²) in [6.07, 6.45) is 1.50. The van der Waals surface area contributed by atoms with Crippen molar-refractivity contribution in [3.05, 3.63) is 47.3 Å². The molecule has 0 aromatic heterocycles. The molecule has 0 saturated heterocycles. The number of rotatable bonds is 4. The Bertz CT molecular complexity index is 490. The first-order valence-corrected chi connectivity index (χ1v) is 5.78. The second kappa shape index (κ2) is 6.58. The molecule has 0 unspecified atom stereocenters. The second-order valence-electron chi connectivity index (χ2n) is 4.32. The van der Waals surface area contributed by atoms with Gasteiger partial charge < -0.3 is 15.0 Å². The van der Waals surface area contributed by atoms with Gasteiger partial charge in [0.1, 0.15) is 5.70 Å². The van der Waals surface area contributed by atoms with Crippen LogP contribution in [0.3, 0.4) is 0 Å². The highest BCUT2D eigenvalue weighted by atomic mass is 16.5. The minimum atomic E-state index is -0.589. The standard InChI is InChI=1S/C14H18N2O3/c1-10-5-7-11(8-6-10)13(17)15-12(9-16(2)3)14(18)19-4/h5-9H,1-4H3,(H,15,17)/b12-9-. The molecule has 102 valence electrons. The predicted octanol–water partition coefficient (Wildman–Crippen LogP) is 1.30. The summed E-state index contributed by atoms with van der Waals surface area (Å²) < 4.78 is 4.62. The lowest BCUT2D eigenvalue weighted by Gasteiger charge is -2.11. The topological polar surface area (TPSA) is 58.6 Å². The van der Waals surface area contributed by atoms with Gasteiger partial charge in [-0.25, -0.2) is 4.79 Å². The number of carbonyl (C=O) groups excluding carboxylic acids is 2. The number of nitrogens with one attached hydrogen (secondary N) is 1. The molecular formula is C14H18N2O3. The third-order valence-electron chi connectivity index (χ3n) is 2.35. The highest BCUT2D eigenvalue weighted by Crippen LogP contribution is 2.04. The molecule has 0 fully saturated rings. The molecule has 0 heterocycles. The molecule has 0 radical (unpaired) electrons. The fraction of sp³-hybridized carbons (Fsp3) is 0.286. The molecule has 5 heteroatoms. The highest BCUT2D eigenvalue weighted by molar-refractivity contribution is 6.01. The molecule has 0 spiro atoms. The number of methoxy groups -OCH3 is 1. The molecule has 0 bridgehead atoms. The summed E-state index contributed by atoms with van der Waals surface area (Å²) in [4.78, 5) is 25.2. The highest BCUT2D eigenvalue weighted by Gasteiger charge is 2.14. The van der Waals surface area contributed by atoms with Gasteiger partial charge in [0.05, 0.1) is 7.11 Å². The average Bonchev–Trinajstić information content (AvgIpc) is 2.37. The van der Waals surface area contributed by atoms with Gasteiger partial charge >= 0.3 is 5.97 Å². The molecule has 1 aromatic rings. The summed E-state index contributed by atoms with van der Waals surface area (Å²) >= 11 is 0. The lowest BCUT2D eigenvalue weighted by molar-refractivity contribution is -0.136. The minimum absolute atomic E-state index is 0.0954. The Kier molecular flexibility index (Phi) is 5.11. The zero-order valence-electron chi connectivity index (χ0n) is 11.6. The Balaban J connectivity index is 2.88. The Morgan fingerprint density at radius 2 is 1.79 bits per heavy atom. The fourth-order valence-electron chi connectivity index (χ4n) is 1.40. The molecule has 1 amide bonds. The van der Waals surface area contributed by atoms with E-state index < -0.39 is 5.97 Å². The van der Waals surface area contributed by atoms with Gasteiger partial charge in [0.25, 0.3) is 5.91 Å². The summed E-state index contributed by atoms with van der Waals surface area (Å²) in [7, 11) is 4.77. The van der Waals surface area contributed by atoms with Crippen molar-refractivity contribution < 1.29 is 14.3 Å². The summed E-state index contributed by atoms with van der Waals surface area (Å²) in [5.74, 6) is -0.937. The number of esters is 1. The van der Waals surface area contributed by atoms with Crippen molar-refractivity contribution in [2.75, 3.05) is 21.2 Å². The van der Waals surface area contributed by atoms with E-state index in [0.717, 1.165) is 5.56 Å². The summed E-state index contributed by atoms with van der Waals surface area (Å²) in [5.41, 5.74) is 1.64. The lowest BCUT2D eigenvalue weighted by atomic mass is 10.1. The van der Waals surface area contributed by atoms with Crippen LogP contribution in [0, 0.1) is 6.92 Å². The number of aryl methyl sites for hydroxylation is 1. The molecule has 0 saturated carbocycles. The Hall–Kier alpha value is -2.30. The molecule has 1 aromatic carbocycles. The van der Waals surface area contributed by atoms with Gasteiger partial charge in [-0.2, -0.15) is 0 Å². The van der Waals surface area contributed by atoms with E-state index in [1.165, 1.54) is 13.3 Å². The maximum Gasteiger partial charge on any atom is 0.356 e. The van der Waals surface area contributed by atoms with E-state index in [9.17, 15) is 9.59 Å². The summed E-state index contributed by atoms with van der Waals surface area (Å²) in [6.45, 7) is 1.94. The monoisotopic (exact) mass is 262 g/mol. The van der Waals surface area contributed by atoms with E-state index in [2.05, 4.69) is 10.1 Å². The smallest absolute Gasteiger partial charge is 0.356 e. The number of amides is 1. The fourth-order valence-corrected chi connectivity index (χ4v) is 1.40. The van der Waals surface area contributed by atoms with E-state index in [1.54, 1.807) is 31.1 Å². The zero-order chi connectivity index (χ0) is 14.4. The third-order valence-corrected chi connectivity index (χ3v) is 2.35. The van der Waals surface area contributed by atoms with Gasteiger partial charge in [-0.1, -0.05) is 17.7 Å². The van der Waals surface area contributed by atoms with Gasteiger partial charge in [0.15, 0.2) is 0 Å². The van der Waals surface area contributed by atoms with Gasteiger partial charge in [0.2, 0.25) is 0 Å². The average molecular weight is 262 g/mol. The van der Waals surface area contributed by atoms with Crippen LogP contribution in [0.5, 0.6) is 0 Å². The minimum Gasteiger partial charge on any atom is -0.464 e. The quantitative estimate of drug-likeness (QED) is 0.656. The van der Waals surface area contributed by atoms with E-state index in [0.29, 0.717) is 5.56 Å². The number of benzene rings is 1. The van der Waals surface area contributed by atoms with Gasteiger partial charge in [-0.05, 0) is 19.1 Å². The van der Waals surface area contributed by atoms with Crippen molar-refractivity contribution in [1.29, 1.82) is 0 Å². The van der Waals surface area contributed by atoms with Crippen LogP contribution in [0.2, 0.25) is 0 Å². The number of hydrogen-bond acceptors (Lipinski definition) is 4. The predicted molar refractivity (Wildman–Crippen MR) is 72.4 cm³/mol. The molecular weight excluding hydrogens is 244 g/mol. The van der Waals surface area contributed by atoms with Crippen LogP contribution in [-0.4, -0.2) is 38.0 Å². The van der Waals surface area contributed by atoms with E-state index in [1.807, 2.05) is 19.1 Å². The van der Waals surface area contributed by atoms with Crippen molar-refractivity contribution in [2.45, 2.75) is 6.92 Å². The molecule has 0 aliphatic heterocycles. The van der Waals surface area contributed by atoms with E-state index in [4.69, 9.17) is 0 Å². The molecule has 0 aliphatic rings. The first kappa shape index (κ1) is 14.8. The second-order valence-corrected chi connectivity index (χ2v) is 4.32. The number of hydrogen-bond donors (Lipinski definition) is 1.